The number of methoxy groups -OCH3 is 8. The van der Waals surface area contributed by atoms with Crippen LogP contribution in [0.3, 0.4) is 0 Å². The van der Waals surface area contributed by atoms with Gasteiger partial charge < -0.3 is 79.8 Å². The number of nitrogens with zero attached hydrogens (tertiary/aromatic N) is 4. The number of rotatable bonds is 28. The molecule has 0 radical (unpaired) electrons. The summed E-state index contributed by atoms with van der Waals surface area (Å²) in [5, 5.41) is 0. The van der Waals surface area contributed by atoms with Crippen molar-refractivity contribution in [3.8, 4) is 46.0 Å². The Labute approximate surface area is 815 Å². The van der Waals surface area contributed by atoms with E-state index in [4.69, 9.17) is 143 Å². The first-order valence-electron chi connectivity index (χ1n) is 71.7. The standard InChI is InChI=1S/4C24H38N2O4/c4*1-14(2)9-17-13-26-8-7-16-10-21(28-5)22(29-6)11-18(16)19(26)12-20(17)30-24(27)23(25)15(3)4/h4*10-11,14-15,17,19-20,23H,7-9,12-13,25H2,1-6H3/t4*17?,19?,20?,23-/m0000/s1/i1D3,5D3,7D2,8D2,9D2,12D2,13D2,14D,17D,20D;2*1D3,7D2,8D2,9D2,12D2,13D2,14D,17D,20D;1D3,5D3,7D2,8D2,9D2,12D2,13D2,14D,17D/t4*14?,17?,19?,20?,23-. The van der Waals surface area contributed by atoms with Crippen LogP contribution in [0, 0.1) is 70.8 Å². The van der Waals surface area contributed by atoms with E-state index in [0.29, 0.717) is 33.8 Å². The average molecular weight is 1740 g/mol. The van der Waals surface area contributed by atoms with Gasteiger partial charge in [0, 0.05) is 207 Å². The summed E-state index contributed by atoms with van der Waals surface area (Å²) in [5.74, 6) is -43.4. The van der Waals surface area contributed by atoms with E-state index in [1.54, 1.807) is 0 Å². The number of nitrogens with two attached hydrogens (primary N) is 4. The maximum atomic E-state index is 13.4. The molecule has 16 unspecified atom stereocenters. The highest BCUT2D eigenvalue weighted by atomic mass is 16.6. The van der Waals surface area contributed by atoms with E-state index in [-0.39, 0.29) is 42.6 Å². The molecule has 672 valence electrons. The van der Waals surface area contributed by atoms with Gasteiger partial charge in [-0.3, -0.25) is 38.8 Å². The number of hydrogen-bond acceptors (Lipinski definition) is 24. The van der Waals surface area contributed by atoms with Gasteiger partial charge in [0.25, 0.3) is 0 Å². The van der Waals surface area contributed by atoms with E-state index in [0.717, 1.165) is 56.7 Å². The fourth-order valence-corrected chi connectivity index (χ4v) is 11.8. The number of carbonyl (C=O) groups excluding carboxylic acids is 4. The van der Waals surface area contributed by atoms with Gasteiger partial charge in [-0.25, -0.2) is 0 Å². The third-order valence-electron chi connectivity index (χ3n) is 18.5. The summed E-state index contributed by atoms with van der Waals surface area (Å²) in [6, 6.07) is -9.45. The second kappa shape index (κ2) is 43.9. The molecule has 20 atom stereocenters. The molecule has 8 aliphatic rings. The van der Waals surface area contributed by atoms with E-state index in [2.05, 4.69) is 0 Å². The van der Waals surface area contributed by atoms with Crippen LogP contribution in [0.15, 0.2) is 48.5 Å². The third kappa shape index (κ3) is 23.8. The first kappa shape index (κ1) is 39.2. The SMILES string of the molecule is [2H]C([2H])([2H])C([2H])(C)C([2H])([2H])C1([2H])C([2H])([2H])N2C(c3cc(OC)c(OC)cc3C([2H])([2H])C2([2H])[2H])C([2H])([2H])C1([2H])OC(=O)[C@@H](N)C(C)C.[2H]C([2H])([2H])C([2H])(C)C([2H])([2H])C1([2H])C([2H])([2H])N2C(c3cc(OC)c(OC)cc3C([2H])([2H])C2([2H])[2H])C([2H])([2H])C1([2H])OC(=O)[C@@H](N)C(C)C.[2H]C([2H])([2H])Oc1cc2c(cc1OC)C1N(C([2H])([2H])C2([2H])[2H])C([2H])([2H])C([2H])(C([2H])([2H])C([2H])(C)C([2H])([2H])[2H])C(OC(=O)[C@@H](N)C(C)C)C1([2H])[2H].[2H]C([2H])([2H])Oc1cc2c(cc1OC)C1N(C([2H])([2H])C2([2H])[2H])C([2H])([2H])C([2H])(C([2H])([2H])C([2H])(C)C([2H])([2H])[2H])C([2H])(OC(=O)[C@@H](N)C(C)C)C1([2H])[2H]. The van der Waals surface area contributed by atoms with Crippen molar-refractivity contribution in [3.63, 3.8) is 0 Å². The maximum absolute atomic E-state index is 13.4. The summed E-state index contributed by atoms with van der Waals surface area (Å²) < 4.78 is 662. The highest BCUT2D eigenvalue weighted by molar-refractivity contribution is 5.77. The largest absolute Gasteiger partial charge is 0.493 e. The van der Waals surface area contributed by atoms with Gasteiger partial charge in [0.2, 0.25) is 0 Å². The van der Waals surface area contributed by atoms with Crippen LogP contribution in [0.5, 0.6) is 46.0 Å². The predicted molar refractivity (Wildman–Crippen MR) is 471 cm³/mol. The number of ether oxygens (including phenoxy) is 12. The van der Waals surface area contributed by atoms with Crippen molar-refractivity contribution >= 4 is 23.9 Å². The van der Waals surface area contributed by atoms with E-state index < -0.39 is 405 Å². The topological polar surface area (TPSA) is 296 Å². The van der Waals surface area contributed by atoms with Crippen molar-refractivity contribution in [2.45, 2.75) is 260 Å². The van der Waals surface area contributed by atoms with E-state index in [1.807, 2.05) is 0 Å². The Morgan fingerprint density at radius 1 is 0.367 bits per heavy atom. The Morgan fingerprint density at radius 2 is 0.592 bits per heavy atom. The highest BCUT2D eigenvalue weighted by Crippen LogP contribution is 2.50. The molecule has 120 heavy (non-hydrogen) atoms. The first-order valence-corrected chi connectivity index (χ1v) is 37.2. The molecule has 24 heteroatoms. The highest BCUT2D eigenvalue weighted by Gasteiger charge is 2.47. The summed E-state index contributed by atoms with van der Waals surface area (Å²) in [6.07, 6.45) is -60.5. The molecule has 8 N–H and O–H groups in total. The molecule has 0 amide bonds. The van der Waals surface area contributed by atoms with Crippen LogP contribution in [-0.2, 0) is 63.6 Å². The summed E-state index contributed by atoms with van der Waals surface area (Å²) in [5.41, 5.74) is 18.5. The van der Waals surface area contributed by atoms with E-state index in [1.165, 1.54) is 83.8 Å². The molecule has 4 fully saturated rings. The number of piperidine rings is 4. The third-order valence-corrected chi connectivity index (χ3v) is 18.5. The zero-order chi connectivity index (χ0) is 149. The van der Waals surface area contributed by atoms with Gasteiger partial charge >= 0.3 is 23.9 Å². The lowest BCUT2D eigenvalue weighted by molar-refractivity contribution is -0.161. The van der Waals surface area contributed by atoms with Gasteiger partial charge in [-0.05, 0) is 191 Å². The van der Waals surface area contributed by atoms with E-state index >= 15 is 0 Å². The van der Waals surface area contributed by atoms with Crippen LogP contribution in [-0.4, -0.2) is 201 Å². The van der Waals surface area contributed by atoms with Gasteiger partial charge in [0.1, 0.15) is 48.5 Å². The average Bonchev–Trinajstić information content (AvgIpc) is 0.641. The first-order chi connectivity index (χ1) is 83.3. The molecule has 12 rings (SSSR count). The Bertz CT molecular complexity index is 7150. The normalized spacial score (nSPS) is 47.5. The number of benzene rings is 4. The summed E-state index contributed by atoms with van der Waals surface area (Å²) in [7, 11) is 0.488. The number of aryl methyl sites for hydroxylation is 4. The smallest absolute Gasteiger partial charge is 0.323 e. The molecule has 0 saturated carbocycles. The molecule has 4 aromatic carbocycles. The van der Waals surface area contributed by atoms with Crippen LogP contribution < -0.4 is 60.8 Å². The fraction of sp³-hybridized carbons (Fsp3) is 0.708. The van der Waals surface area contributed by atoms with Crippen molar-refractivity contribution in [2.24, 2.45) is 93.8 Å². The summed E-state index contributed by atoms with van der Waals surface area (Å²) in [4.78, 5) is 52.8. The van der Waals surface area contributed by atoms with E-state index in [9.17, 15) is 50.7 Å². The number of carbonyl (C=O) groups is 4. The predicted octanol–water partition coefficient (Wildman–Crippen LogP) is 14.3. The minimum atomic E-state index is -4.43. The van der Waals surface area contributed by atoms with Gasteiger partial charge in [-0.2, -0.15) is 0 Å². The molecule has 8 aliphatic heterocycles. The lowest BCUT2D eigenvalue weighted by atomic mass is 9.79. The fourth-order valence-electron chi connectivity index (χ4n) is 11.8. The molecule has 24 nitrogen and oxygen atoms in total. The van der Waals surface area contributed by atoms with Crippen molar-refractivity contribution in [3.05, 3.63) is 93.0 Å². The van der Waals surface area contributed by atoms with Crippen LogP contribution in [0.4, 0.5) is 0 Å². The molecular weight excluding hydrogens is 1520 g/mol. The molecule has 0 spiro atoms. The molecule has 0 aliphatic carbocycles. The molecular formula is C96H152N8O16. The molecule has 4 saturated heterocycles. The summed E-state index contributed by atoms with van der Waals surface area (Å²) >= 11 is 0. The van der Waals surface area contributed by atoms with Gasteiger partial charge in [0.05, 0.1) is 69.1 Å². The maximum Gasteiger partial charge on any atom is 0.323 e. The van der Waals surface area contributed by atoms with Gasteiger partial charge in [-0.1, -0.05) is 110 Å². The van der Waals surface area contributed by atoms with Crippen molar-refractivity contribution in [1.82, 2.24) is 19.6 Å². The Kier molecular flexibility index (Phi) is 14.3. The quantitative estimate of drug-likeness (QED) is 0.0303. The number of hydrogen-bond donors (Lipinski definition) is 4. The zero-order valence-corrected chi connectivity index (χ0v) is 69.3. The lowest BCUT2D eigenvalue weighted by Crippen LogP contribution is -2.51. The molecule has 4 aromatic rings. The minimum absolute atomic E-state index is 0.0980. The van der Waals surface area contributed by atoms with Crippen LogP contribution >= 0.6 is 0 Å². The lowest BCUT2D eigenvalue weighted by Gasteiger charge is -2.47. The summed E-state index contributed by atoms with van der Waals surface area (Å²) in [6.45, 7) is -32.7. The Balaban J connectivity index is 0.000000274. The van der Waals surface area contributed by atoms with Crippen molar-refractivity contribution in [2.75, 3.05) is 109 Å². The minimum Gasteiger partial charge on any atom is -0.493 e. The van der Waals surface area contributed by atoms with Crippen LogP contribution in [0.2, 0.25) is 0 Å². The number of fused-ring (bicyclic) bond motifs is 12. The zero-order valence-electron chi connectivity index (χ0n) is 138. The van der Waals surface area contributed by atoms with Gasteiger partial charge in [0.15, 0.2) is 46.0 Å². The van der Waals surface area contributed by atoms with Crippen molar-refractivity contribution in [1.29, 1.82) is 0 Å². The number of esters is 4. The second-order valence-electron chi connectivity index (χ2n) is 28.7. The van der Waals surface area contributed by atoms with Gasteiger partial charge in [-0.15, -0.1) is 0 Å². The second-order valence-corrected chi connectivity index (χ2v) is 28.7. The molecule has 0 aromatic heterocycles. The van der Waals surface area contributed by atoms with Crippen molar-refractivity contribution < 1.29 is 171 Å². The Morgan fingerprint density at radius 3 is 0.833 bits per heavy atom. The monoisotopic (exact) mass is 1740 g/mol. The molecule has 0 bridgehead atoms. The van der Waals surface area contributed by atoms with Crippen LogP contribution in [0.1, 0.15) is 325 Å². The van der Waals surface area contributed by atoms with Crippen LogP contribution in [0.25, 0.3) is 0 Å². The Hall–Kier alpha value is -7.16. The molecule has 8 heterocycles.